The smallest absolute Gasteiger partial charge is 0.336 e. The number of fused-ring (bicyclic) bond motifs is 3. The number of likely N-dealkylation sites (N-methyl/N-ethyl adjacent to an activating group) is 3. The van der Waals surface area contributed by atoms with Crippen LogP contribution in [0.15, 0.2) is 184 Å². The molecular formula is C93H141ClN8O25S5. The number of carbonyl (C=O) groups excluding carboxylic acids is 9. The third kappa shape index (κ3) is 52.9. The number of allylic oxidation sites excluding steroid dienone is 1. The number of carbonyl (C=O) groups is 10. The van der Waals surface area contributed by atoms with Crippen LogP contribution in [0.25, 0.3) is 0 Å². The second-order valence-electron chi connectivity index (χ2n) is 27.9. The second-order valence-corrected chi connectivity index (χ2v) is 27.9. The number of ketones is 1. The fourth-order valence-electron chi connectivity index (χ4n) is 11.7. The lowest BCUT2D eigenvalue weighted by atomic mass is 9.92. The highest BCUT2D eigenvalue weighted by Gasteiger charge is 2.29. The number of halogens is 1. The molecule has 8 rings (SSSR count). The minimum absolute atomic E-state index is 0. The van der Waals surface area contributed by atoms with E-state index in [-0.39, 0.29) is 146 Å². The number of carboxylic acids is 1. The summed E-state index contributed by atoms with van der Waals surface area (Å²) in [5.74, 6) is -3.49. The molecule has 0 spiro atoms. The number of hydrogen-bond donors (Lipinski definition) is 5. The molecule has 0 aliphatic carbocycles. The van der Waals surface area contributed by atoms with Gasteiger partial charge in [0.25, 0.3) is 35.4 Å². The molecule has 33 nitrogen and oxygen atoms in total. The highest BCUT2D eigenvalue weighted by molar-refractivity contribution is 7.60. The van der Waals surface area contributed by atoms with E-state index >= 15 is 0 Å². The molecule has 0 saturated heterocycles. The predicted molar refractivity (Wildman–Crippen MR) is 532 cm³/mol. The molecule has 3 aliphatic rings. The first kappa shape index (κ1) is 130. The van der Waals surface area contributed by atoms with Crippen LogP contribution in [-0.2, 0) is 124 Å². The summed E-state index contributed by atoms with van der Waals surface area (Å²) in [6.45, 7) is 23.2. The monoisotopic (exact) mass is 1960 g/mol. The van der Waals surface area contributed by atoms with Crippen molar-refractivity contribution >= 4 is 139 Å². The molecule has 740 valence electrons. The standard InChI is InChI=1S/C21H29NO5.C18H26N2O5.C18H24N2O5.C16H21NO4.C13H16O4.C7H14N2O2.ClH.5H2S/c1-5-9-17(21(24)22(3)25-4)15-20(23)19-11-8-7-10-18(19)16-27-14-13-26-12-6-2;2*1-20(23-2)18(22)16-9-5-6-10-24-11-12-25-13-14-7-3-4-8-15(14)17(21)19-16;18-11-14-6-3-4-8-20-9-10-21-12-13-5-1-2-7-15(13)16(19)17-14;1-2-7-16-8-9-17-10-11-5-3-4-6-12(11)13(14)15;1-4-5-6(8)7(10)9(2)11-3;;;;;;/h5-8,10-11,17H,1-2,9,12-16H2,3-4H3;3-4,7-8,16H,5-6,9-13H2,1-2H3,(H,19,21);3-8,16H,9-13H2,1-2H3,(H,19,21);1-2,5,7,11,14H,3-4,6,8-10,12H2,(H,17,19);2-6H,1,7-10H2,(H,14,15);4,6H,1,5,8H2,2-3H3;1H;5*1H2/t17-;2*16-;14-;;6-;;;;;;/m1000.0....../s1. The summed E-state index contributed by atoms with van der Waals surface area (Å²) in [5.41, 5.74) is 11.7. The Morgan fingerprint density at radius 1 is 0.462 bits per heavy atom. The fraction of sp³-hybridized carbons (Fsp3) is 0.462. The van der Waals surface area contributed by atoms with Gasteiger partial charge < -0.3 is 79.0 Å². The predicted octanol–water partition coefficient (Wildman–Crippen LogP) is 10.7. The van der Waals surface area contributed by atoms with E-state index in [9.17, 15) is 47.9 Å². The Morgan fingerprint density at radius 3 is 1.30 bits per heavy atom. The zero-order chi connectivity index (χ0) is 92.5. The van der Waals surface area contributed by atoms with E-state index < -0.39 is 36.1 Å². The van der Waals surface area contributed by atoms with Crippen LogP contribution in [0.1, 0.15) is 144 Å². The number of aromatic carboxylic acids is 1. The number of aldehydes is 1. The SMILES string of the molecule is C=CCOCCOCc1ccccc1C(=O)C[C@@H](CC=C)C(=O)N(C)OC.C=CCOCCOCc1ccccc1C(=O)O.C=CC[C@H](N)C(=O)N(C)OC.CON(C)C(=O)[C@@H]1CC=CCOCCOCc2ccccc2C(=O)N1.CON(C)C(=O)[C@@H]1CCCCOCCOCc2ccccc2C(=O)N1.Cl.O=C[C@@H]1CCCCOCCOCc2ccccc2C(=O)N1.S.S.S.S.S. The van der Waals surface area contributed by atoms with E-state index in [4.69, 9.17) is 72.7 Å². The maximum absolute atomic E-state index is 12.8. The average molecular weight is 1970 g/mol. The number of nitrogens with one attached hydrogen (secondary N) is 3. The van der Waals surface area contributed by atoms with Crippen molar-refractivity contribution in [2.24, 2.45) is 11.7 Å². The van der Waals surface area contributed by atoms with E-state index in [1.54, 1.807) is 97.1 Å². The molecule has 132 heavy (non-hydrogen) atoms. The van der Waals surface area contributed by atoms with Crippen LogP contribution in [0.4, 0.5) is 0 Å². The first-order chi connectivity index (χ1) is 61.0. The van der Waals surface area contributed by atoms with Gasteiger partial charge in [-0.1, -0.05) is 134 Å². The van der Waals surface area contributed by atoms with Gasteiger partial charge in [-0.25, -0.2) is 25.0 Å². The number of Topliss-reactive ketones (excluding diaryl/α,β-unsaturated/α-hetero) is 1. The first-order valence-electron chi connectivity index (χ1n) is 41.4. The van der Waals surface area contributed by atoms with Crippen molar-refractivity contribution in [2.45, 2.75) is 121 Å². The lowest BCUT2D eigenvalue weighted by Crippen LogP contribution is -2.47. The van der Waals surface area contributed by atoms with Crippen LogP contribution < -0.4 is 21.7 Å². The van der Waals surface area contributed by atoms with Crippen LogP contribution >= 0.6 is 79.9 Å². The van der Waals surface area contributed by atoms with Crippen LogP contribution in [0, 0.1) is 5.92 Å². The molecular weight excluding hydrogens is 1820 g/mol. The summed E-state index contributed by atoms with van der Waals surface area (Å²) in [6, 6.07) is 33.4. The van der Waals surface area contributed by atoms with Crippen LogP contribution in [0.2, 0.25) is 0 Å². The number of rotatable bonds is 31. The quantitative estimate of drug-likeness (QED) is 0.00904. The molecule has 0 radical (unpaired) electrons. The maximum atomic E-state index is 12.8. The summed E-state index contributed by atoms with van der Waals surface area (Å²) in [7, 11) is 11.7. The first-order valence-corrected chi connectivity index (χ1v) is 41.4. The number of hydrogen-bond acceptors (Lipinski definition) is 25. The van der Waals surface area contributed by atoms with Gasteiger partial charge in [-0.15, -0.1) is 38.7 Å². The molecule has 39 heteroatoms. The number of benzene rings is 5. The Hall–Kier alpha value is -8.66. The van der Waals surface area contributed by atoms with Crippen LogP contribution in [0.3, 0.4) is 0 Å². The van der Waals surface area contributed by atoms with Crippen LogP contribution in [-0.4, -0.2) is 265 Å². The lowest BCUT2D eigenvalue weighted by molar-refractivity contribution is -0.173. The topological polar surface area (TPSA) is 395 Å². The van der Waals surface area contributed by atoms with E-state index in [0.717, 1.165) is 74.5 Å². The Bertz CT molecular complexity index is 4150. The molecule has 0 bridgehead atoms. The minimum Gasteiger partial charge on any atom is -0.478 e. The number of hydroxylamine groups is 8. The largest absolute Gasteiger partial charge is 0.478 e. The Labute approximate surface area is 818 Å². The molecule has 6 N–H and O–H groups in total. The Kier molecular flexibility index (Phi) is 79.3. The van der Waals surface area contributed by atoms with E-state index in [1.165, 1.54) is 56.6 Å². The van der Waals surface area contributed by atoms with Gasteiger partial charge in [-0.05, 0) is 110 Å². The van der Waals surface area contributed by atoms with Gasteiger partial charge in [0.05, 0.1) is 171 Å². The number of nitrogens with zero attached hydrogens (tertiary/aromatic N) is 4. The maximum Gasteiger partial charge on any atom is 0.336 e. The van der Waals surface area contributed by atoms with Crippen molar-refractivity contribution in [1.29, 1.82) is 0 Å². The molecule has 0 fully saturated rings. The molecule has 0 unspecified atom stereocenters. The Morgan fingerprint density at radius 2 is 0.848 bits per heavy atom. The molecule has 7 amide bonds. The van der Waals surface area contributed by atoms with Crippen molar-refractivity contribution in [2.75, 3.05) is 156 Å². The molecule has 3 aliphatic heterocycles. The molecule has 5 aromatic carbocycles. The summed E-state index contributed by atoms with van der Waals surface area (Å²) in [5, 5.41) is 21.8. The van der Waals surface area contributed by atoms with Crippen molar-refractivity contribution in [1.82, 2.24) is 36.2 Å². The van der Waals surface area contributed by atoms with E-state index in [0.29, 0.717) is 185 Å². The van der Waals surface area contributed by atoms with Gasteiger partial charge >= 0.3 is 5.97 Å². The van der Waals surface area contributed by atoms with Gasteiger partial charge in [0.15, 0.2) is 5.78 Å². The molecule has 3 heterocycles. The third-order valence-electron chi connectivity index (χ3n) is 18.8. The average Bonchev–Trinajstić information content (AvgIpc) is 0.831. The van der Waals surface area contributed by atoms with Gasteiger partial charge in [-0.3, -0.25) is 57.7 Å². The minimum atomic E-state index is -0.938. The van der Waals surface area contributed by atoms with Crippen molar-refractivity contribution < 1.29 is 120 Å². The second kappa shape index (κ2) is 80.8. The van der Waals surface area contributed by atoms with Crippen molar-refractivity contribution in [3.63, 3.8) is 0 Å². The zero-order valence-corrected chi connectivity index (χ0v) is 82.9. The fourth-order valence-corrected chi connectivity index (χ4v) is 11.7. The normalized spacial score (nSPS) is 15.6. The van der Waals surface area contributed by atoms with Crippen molar-refractivity contribution in [3.8, 4) is 0 Å². The van der Waals surface area contributed by atoms with E-state index in [1.807, 2.05) is 60.7 Å². The molecule has 5 aromatic rings. The summed E-state index contributed by atoms with van der Waals surface area (Å²) in [4.78, 5) is 140. The van der Waals surface area contributed by atoms with Gasteiger partial charge in [-0.2, -0.15) is 67.5 Å². The molecule has 5 atom stereocenters. The lowest BCUT2D eigenvalue weighted by Gasteiger charge is -2.23. The van der Waals surface area contributed by atoms with Crippen LogP contribution in [0.5, 0.6) is 0 Å². The molecule has 0 aromatic heterocycles. The highest BCUT2D eigenvalue weighted by Crippen LogP contribution is 2.22. The summed E-state index contributed by atoms with van der Waals surface area (Å²) < 4.78 is 54.4. The number of carboxylic acid groups (broad SMARTS) is 1. The van der Waals surface area contributed by atoms with Gasteiger partial charge in [0.2, 0.25) is 5.91 Å². The van der Waals surface area contributed by atoms with Crippen molar-refractivity contribution in [3.05, 3.63) is 240 Å². The van der Waals surface area contributed by atoms with Gasteiger partial charge in [0.1, 0.15) is 18.4 Å². The zero-order valence-electron chi connectivity index (χ0n) is 77.0. The summed E-state index contributed by atoms with van der Waals surface area (Å²) in [6.07, 6.45) is 16.7. The van der Waals surface area contributed by atoms with E-state index in [2.05, 4.69) is 47.1 Å². The highest BCUT2D eigenvalue weighted by atomic mass is 35.5. The Balaban J connectivity index is -0.000000750. The molecule has 0 saturated carbocycles. The number of ether oxygens (including phenoxy) is 10. The summed E-state index contributed by atoms with van der Waals surface area (Å²) >= 11 is 0. The number of nitrogens with two attached hydrogens (primary N) is 1. The number of amides is 7. The van der Waals surface area contributed by atoms with Gasteiger partial charge in [0, 0.05) is 70.1 Å². The third-order valence-corrected chi connectivity index (χ3v) is 18.8.